The summed E-state index contributed by atoms with van der Waals surface area (Å²) in [6, 6.07) is 7.76. The number of carbonyl (C=O) groups is 2. The highest BCUT2D eigenvalue weighted by Crippen LogP contribution is 2.28. The molecule has 3 rings (SSSR count). The molecule has 0 radical (unpaired) electrons. The second-order valence-corrected chi connectivity index (χ2v) is 8.07. The first-order valence-corrected chi connectivity index (χ1v) is 12.4. The van der Waals surface area contributed by atoms with E-state index in [0.717, 1.165) is 16.6 Å². The van der Waals surface area contributed by atoms with Crippen LogP contribution < -0.4 is 16.4 Å². The van der Waals surface area contributed by atoms with Crippen LogP contribution in [0.3, 0.4) is 0 Å². The van der Waals surface area contributed by atoms with Gasteiger partial charge in [0.15, 0.2) is 11.5 Å². The first-order valence-electron chi connectivity index (χ1n) is 11.1. The molecule has 36 heavy (non-hydrogen) atoms. The second-order valence-electron chi connectivity index (χ2n) is 7.30. The third kappa shape index (κ3) is 8.05. The van der Waals surface area contributed by atoms with Gasteiger partial charge in [-0.1, -0.05) is 17.8 Å². The summed E-state index contributed by atoms with van der Waals surface area (Å²) in [5.74, 6) is -0.454. The van der Waals surface area contributed by atoms with Crippen LogP contribution in [0.25, 0.3) is 10.9 Å². The second kappa shape index (κ2) is 14.2. The number of rotatable bonds is 16. The number of benzene rings is 1. The third-order valence-corrected chi connectivity index (χ3v) is 5.43. The van der Waals surface area contributed by atoms with Gasteiger partial charge < -0.3 is 40.3 Å². The van der Waals surface area contributed by atoms with Crippen LogP contribution in [-0.4, -0.2) is 89.3 Å². The Balaban J connectivity index is 1.45. The van der Waals surface area contributed by atoms with Gasteiger partial charge in [-0.05, 0) is 24.5 Å². The van der Waals surface area contributed by atoms with E-state index >= 15 is 0 Å². The fourth-order valence-electron chi connectivity index (χ4n) is 3.24. The number of primary amides is 1. The lowest BCUT2D eigenvalue weighted by molar-refractivity contribution is 0.0139. The molecule has 14 heteroatoms. The molecular weight excluding hydrogens is 490 g/mol. The summed E-state index contributed by atoms with van der Waals surface area (Å²) in [5.41, 5.74) is 7.16. The SMILES string of the molecule is CSc1nnc(C(N)=O)c(Nc2cccc3c2ccn3CCOCCOCCOCCNC(=O)O)n1. The van der Waals surface area contributed by atoms with Crippen LogP contribution >= 0.6 is 11.8 Å². The molecule has 0 spiro atoms. The highest BCUT2D eigenvalue weighted by molar-refractivity contribution is 7.98. The molecule has 2 aromatic heterocycles. The molecule has 0 bridgehead atoms. The average molecular weight is 520 g/mol. The zero-order valence-electron chi connectivity index (χ0n) is 19.8. The number of hydrogen-bond donors (Lipinski definition) is 4. The van der Waals surface area contributed by atoms with Crippen molar-refractivity contribution in [2.45, 2.75) is 11.7 Å². The molecule has 0 fully saturated rings. The van der Waals surface area contributed by atoms with Gasteiger partial charge in [0.25, 0.3) is 5.91 Å². The average Bonchev–Trinajstić information content (AvgIpc) is 3.28. The Kier molecular flexibility index (Phi) is 10.7. The molecule has 13 nitrogen and oxygen atoms in total. The number of amides is 2. The zero-order valence-corrected chi connectivity index (χ0v) is 20.6. The van der Waals surface area contributed by atoms with E-state index in [0.29, 0.717) is 51.3 Å². The molecule has 194 valence electrons. The van der Waals surface area contributed by atoms with Crippen molar-refractivity contribution in [3.05, 3.63) is 36.2 Å². The highest BCUT2D eigenvalue weighted by Gasteiger charge is 2.16. The maximum absolute atomic E-state index is 11.8. The number of thioether (sulfide) groups is 1. The number of hydrogen-bond acceptors (Lipinski definition) is 10. The number of fused-ring (bicyclic) bond motifs is 1. The van der Waals surface area contributed by atoms with Crippen molar-refractivity contribution in [2.24, 2.45) is 5.73 Å². The van der Waals surface area contributed by atoms with E-state index in [4.69, 9.17) is 25.1 Å². The van der Waals surface area contributed by atoms with Gasteiger partial charge in [-0.15, -0.1) is 10.2 Å². The van der Waals surface area contributed by atoms with Crippen LogP contribution in [-0.2, 0) is 20.8 Å². The number of carboxylic acid groups (broad SMARTS) is 1. The summed E-state index contributed by atoms with van der Waals surface area (Å²) in [7, 11) is 0. The summed E-state index contributed by atoms with van der Waals surface area (Å²) in [6.45, 7) is 3.37. The lowest BCUT2D eigenvalue weighted by Crippen LogP contribution is -2.25. The van der Waals surface area contributed by atoms with E-state index in [1.165, 1.54) is 11.8 Å². The number of anilines is 2. The van der Waals surface area contributed by atoms with Crippen molar-refractivity contribution in [2.75, 3.05) is 57.8 Å². The molecule has 0 saturated heterocycles. The van der Waals surface area contributed by atoms with Gasteiger partial charge >= 0.3 is 6.09 Å². The Morgan fingerprint density at radius 1 is 1.06 bits per heavy atom. The van der Waals surface area contributed by atoms with Crippen LogP contribution in [0.4, 0.5) is 16.3 Å². The van der Waals surface area contributed by atoms with Gasteiger partial charge in [-0.25, -0.2) is 9.78 Å². The van der Waals surface area contributed by atoms with Crippen molar-refractivity contribution < 1.29 is 28.9 Å². The number of nitrogens with zero attached hydrogens (tertiary/aromatic N) is 4. The lowest BCUT2D eigenvalue weighted by Gasteiger charge is -2.11. The Morgan fingerprint density at radius 2 is 1.78 bits per heavy atom. The van der Waals surface area contributed by atoms with E-state index < -0.39 is 12.0 Å². The van der Waals surface area contributed by atoms with E-state index in [-0.39, 0.29) is 18.1 Å². The molecule has 0 unspecified atom stereocenters. The van der Waals surface area contributed by atoms with Crippen LogP contribution in [0.15, 0.2) is 35.6 Å². The van der Waals surface area contributed by atoms with Crippen LogP contribution in [0.2, 0.25) is 0 Å². The number of nitrogens with two attached hydrogens (primary N) is 1. The van der Waals surface area contributed by atoms with Crippen molar-refractivity contribution in [1.82, 2.24) is 25.1 Å². The number of ether oxygens (including phenoxy) is 3. The summed E-state index contributed by atoms with van der Waals surface area (Å²) < 4.78 is 18.4. The summed E-state index contributed by atoms with van der Waals surface area (Å²) in [4.78, 5) is 26.4. The smallest absolute Gasteiger partial charge is 0.404 e. The van der Waals surface area contributed by atoms with E-state index in [1.807, 2.05) is 36.7 Å². The molecule has 0 aliphatic carbocycles. The Bertz CT molecular complexity index is 1160. The first kappa shape index (κ1) is 27.1. The molecule has 0 aliphatic heterocycles. The van der Waals surface area contributed by atoms with Crippen LogP contribution in [0, 0.1) is 0 Å². The Hall–Kier alpha value is -3.46. The quantitative estimate of drug-likeness (QED) is 0.160. The standard InChI is InChI=1S/C22H29N7O6S/c1-36-21-26-20(18(19(23)30)27-28-21)25-16-3-2-4-17-15(16)5-7-29(17)8-10-34-12-14-35-13-11-33-9-6-24-22(31)32/h2-5,7,24H,6,8-14H2,1H3,(H2,23,30)(H,31,32)(H,25,26,28). The lowest BCUT2D eigenvalue weighted by atomic mass is 10.2. The van der Waals surface area contributed by atoms with Gasteiger partial charge in [0.2, 0.25) is 5.16 Å². The molecule has 2 amide bonds. The van der Waals surface area contributed by atoms with E-state index in [1.54, 1.807) is 0 Å². The minimum absolute atomic E-state index is 0.0263. The fourth-order valence-corrected chi connectivity index (χ4v) is 3.55. The largest absolute Gasteiger partial charge is 0.465 e. The monoisotopic (exact) mass is 519 g/mol. The minimum atomic E-state index is -1.07. The molecule has 1 aromatic carbocycles. The van der Waals surface area contributed by atoms with E-state index in [2.05, 4.69) is 30.4 Å². The molecule has 0 aliphatic rings. The molecule has 3 aromatic rings. The molecule has 0 atom stereocenters. The van der Waals surface area contributed by atoms with E-state index in [9.17, 15) is 9.59 Å². The van der Waals surface area contributed by atoms with Gasteiger partial charge in [-0.3, -0.25) is 4.79 Å². The fraction of sp³-hybridized carbons (Fsp3) is 0.409. The Labute approximate surface area is 211 Å². The zero-order chi connectivity index (χ0) is 25.8. The number of aromatic nitrogens is 4. The van der Waals surface area contributed by atoms with Crippen LogP contribution in [0.1, 0.15) is 10.5 Å². The van der Waals surface area contributed by atoms with Crippen molar-refractivity contribution in [3.8, 4) is 0 Å². The maximum atomic E-state index is 11.8. The summed E-state index contributed by atoms with van der Waals surface area (Å²) in [5, 5.41) is 23.0. The van der Waals surface area contributed by atoms with Gasteiger partial charge in [0.1, 0.15) is 0 Å². The van der Waals surface area contributed by atoms with Crippen molar-refractivity contribution in [1.29, 1.82) is 0 Å². The Morgan fingerprint density at radius 3 is 2.47 bits per heavy atom. The number of nitrogens with one attached hydrogen (secondary N) is 2. The summed E-state index contributed by atoms with van der Waals surface area (Å²) >= 11 is 1.31. The van der Waals surface area contributed by atoms with Crippen LogP contribution in [0.5, 0.6) is 0 Å². The predicted molar refractivity (Wildman–Crippen MR) is 134 cm³/mol. The van der Waals surface area contributed by atoms with Crippen molar-refractivity contribution in [3.63, 3.8) is 0 Å². The van der Waals surface area contributed by atoms with Gasteiger partial charge in [0, 0.05) is 30.4 Å². The van der Waals surface area contributed by atoms with Gasteiger partial charge in [0.05, 0.1) is 45.2 Å². The number of carbonyl (C=O) groups excluding carboxylic acids is 1. The minimum Gasteiger partial charge on any atom is -0.465 e. The molecule has 5 N–H and O–H groups in total. The predicted octanol–water partition coefficient (Wildman–Crippen LogP) is 1.71. The first-order chi connectivity index (χ1) is 17.5. The maximum Gasteiger partial charge on any atom is 0.404 e. The molecule has 0 saturated carbocycles. The molecule has 2 heterocycles. The summed E-state index contributed by atoms with van der Waals surface area (Å²) in [6.07, 6.45) is 2.72. The molecular formula is C22H29N7O6S. The highest BCUT2D eigenvalue weighted by atomic mass is 32.2. The van der Waals surface area contributed by atoms with Gasteiger partial charge in [-0.2, -0.15) is 0 Å². The third-order valence-electron chi connectivity index (χ3n) is 4.89. The topological polar surface area (TPSA) is 176 Å². The normalized spacial score (nSPS) is 11.0. The van der Waals surface area contributed by atoms with Crippen molar-refractivity contribution >= 4 is 46.2 Å².